The van der Waals surface area contributed by atoms with Gasteiger partial charge in [-0.25, -0.2) is 9.13 Å². The van der Waals surface area contributed by atoms with Gasteiger partial charge in [-0.15, -0.1) is 0 Å². The lowest BCUT2D eigenvalue weighted by Crippen LogP contribution is -2.30. The van der Waals surface area contributed by atoms with Gasteiger partial charge in [-0.05, 0) is 173 Å². The second kappa shape index (κ2) is 81.7. The van der Waals surface area contributed by atoms with Crippen LogP contribution in [0.1, 0.15) is 336 Å². The van der Waals surface area contributed by atoms with Gasteiger partial charge in [-0.1, -0.05) is 295 Å². The molecule has 0 rings (SSSR count). The lowest BCUT2D eigenvalue weighted by atomic mass is 10.1. The third kappa shape index (κ3) is 80.7. The van der Waals surface area contributed by atoms with Gasteiger partial charge in [0, 0.05) is 25.7 Å². The molecule has 0 aliphatic rings. The highest BCUT2D eigenvalue weighted by Crippen LogP contribution is 2.45. The molecule has 0 saturated carbocycles. The Hall–Kier alpha value is -5.32. The van der Waals surface area contributed by atoms with E-state index in [-0.39, 0.29) is 25.7 Å². The van der Waals surface area contributed by atoms with E-state index in [1.165, 1.54) is 57.8 Å². The maximum Gasteiger partial charge on any atom is 0.472 e. The molecule has 17 nitrogen and oxygen atoms in total. The number of unbranched alkanes of at least 4 members (excludes halogenated alkanes) is 27. The Morgan fingerprint density at radius 3 is 0.764 bits per heavy atom. The number of aliphatic hydroxyl groups excluding tert-OH is 1. The lowest BCUT2D eigenvalue weighted by molar-refractivity contribution is -0.161. The van der Waals surface area contributed by atoms with Gasteiger partial charge in [0.05, 0.1) is 26.4 Å². The average molecular weight is 1580 g/mol. The zero-order valence-corrected chi connectivity index (χ0v) is 70.7. The van der Waals surface area contributed by atoms with E-state index in [9.17, 15) is 43.2 Å². The Balaban J connectivity index is 5.47. The third-order valence-corrected chi connectivity index (χ3v) is 19.3. The van der Waals surface area contributed by atoms with Gasteiger partial charge in [0.2, 0.25) is 0 Å². The Kier molecular flexibility index (Phi) is 77.7. The van der Waals surface area contributed by atoms with E-state index in [0.29, 0.717) is 32.1 Å². The van der Waals surface area contributed by atoms with E-state index in [2.05, 4.69) is 174 Å². The summed E-state index contributed by atoms with van der Waals surface area (Å²) < 4.78 is 68.7. The molecule has 0 amide bonds. The Bertz CT molecular complexity index is 2700. The molecule has 0 aromatic carbocycles. The number of hydrogen-bond acceptors (Lipinski definition) is 15. The fraction of sp³-hybridized carbons (Fsp3) is 0.670. The van der Waals surface area contributed by atoms with Gasteiger partial charge in [-0.2, -0.15) is 0 Å². The van der Waals surface area contributed by atoms with Crippen LogP contribution in [0.2, 0.25) is 0 Å². The predicted molar refractivity (Wildman–Crippen MR) is 454 cm³/mol. The fourth-order valence-corrected chi connectivity index (χ4v) is 12.5. The van der Waals surface area contributed by atoms with Crippen molar-refractivity contribution in [2.75, 3.05) is 39.6 Å². The highest BCUT2D eigenvalue weighted by Gasteiger charge is 2.30. The van der Waals surface area contributed by atoms with Gasteiger partial charge in [0.15, 0.2) is 12.2 Å². The summed E-state index contributed by atoms with van der Waals surface area (Å²) in [4.78, 5) is 73.2. The van der Waals surface area contributed by atoms with E-state index in [1.807, 2.05) is 12.2 Å². The molecule has 0 aliphatic heterocycles. The number of carbonyl (C=O) groups is 4. The summed E-state index contributed by atoms with van der Waals surface area (Å²) in [6, 6.07) is 0. The van der Waals surface area contributed by atoms with Crippen molar-refractivity contribution in [3.05, 3.63) is 158 Å². The number of phosphoric acid groups is 2. The summed E-state index contributed by atoms with van der Waals surface area (Å²) in [5, 5.41) is 10.7. The number of hydrogen-bond donors (Lipinski definition) is 3. The molecule has 0 spiro atoms. The topological polar surface area (TPSA) is 237 Å². The Labute approximate surface area is 668 Å². The number of carbonyl (C=O) groups excluding carboxylic acids is 4. The van der Waals surface area contributed by atoms with Crippen LogP contribution in [0.4, 0.5) is 0 Å². The van der Waals surface area contributed by atoms with E-state index < -0.39 is 97.5 Å². The minimum atomic E-state index is -5.00. The minimum Gasteiger partial charge on any atom is -0.462 e. The molecular weight excluding hydrogens is 1430 g/mol. The number of rotatable bonds is 79. The summed E-state index contributed by atoms with van der Waals surface area (Å²) in [6.45, 7) is 4.59. The van der Waals surface area contributed by atoms with Crippen molar-refractivity contribution in [2.45, 2.75) is 354 Å². The quantitative estimate of drug-likeness (QED) is 0.0169. The molecule has 110 heavy (non-hydrogen) atoms. The first-order chi connectivity index (χ1) is 53.7. The number of esters is 4. The molecule has 19 heteroatoms. The van der Waals surface area contributed by atoms with Crippen LogP contribution in [0.5, 0.6) is 0 Å². The van der Waals surface area contributed by atoms with Gasteiger partial charge in [-0.3, -0.25) is 37.3 Å². The standard InChI is InChI=1S/C91H152O17P2/c1-5-9-13-17-21-25-29-33-37-40-42-45-49-52-56-60-64-68-72-76-89(94)102-82-87(108-91(96)78-74-70-66-62-58-54-50-46-43-41-38-34-30-26-22-18-14-10-6-2)84-106-110(99,100)104-80-85(92)79-103-109(97,98)105-83-86(107-90(95)77-73-69-65-61-57-53-47-36-32-28-24-20-16-12-8-4)81-101-88(93)75-71-67-63-59-55-51-48-44-39-35-31-27-23-19-15-11-7-3/h11,15,21-28,33-39,42-43,45-48,51,59,63,85-87,92H,5-10,12-14,16-20,29-32,40-41,44,49-50,52-58,60-62,64-84H2,1-4H3,(H,97,98)(H,99,100)/b15-11-,25-21-,26-22-,27-23-,28-24-,37-33-,38-34-,39-35-,45-42-,46-43-,47-36-,51-48-,63-59-. The molecular formula is C91H152O17P2. The molecule has 5 atom stereocenters. The third-order valence-electron chi connectivity index (χ3n) is 17.4. The number of allylic oxidation sites excluding steroid dienone is 26. The molecule has 0 heterocycles. The molecule has 5 unspecified atom stereocenters. The zero-order chi connectivity index (χ0) is 80.3. The van der Waals surface area contributed by atoms with E-state index >= 15 is 0 Å². The van der Waals surface area contributed by atoms with Crippen LogP contribution in [0.15, 0.2) is 158 Å². The van der Waals surface area contributed by atoms with Crippen LogP contribution >= 0.6 is 15.6 Å². The van der Waals surface area contributed by atoms with Crippen molar-refractivity contribution in [3.8, 4) is 0 Å². The minimum absolute atomic E-state index is 0.0618. The zero-order valence-electron chi connectivity index (χ0n) is 68.9. The maximum absolute atomic E-state index is 13.2. The summed E-state index contributed by atoms with van der Waals surface area (Å²) >= 11 is 0. The van der Waals surface area contributed by atoms with Crippen LogP contribution < -0.4 is 0 Å². The smallest absolute Gasteiger partial charge is 0.462 e. The molecule has 3 N–H and O–H groups in total. The van der Waals surface area contributed by atoms with Crippen molar-refractivity contribution in [3.63, 3.8) is 0 Å². The summed E-state index contributed by atoms with van der Waals surface area (Å²) in [6.07, 6.45) is 96.3. The summed E-state index contributed by atoms with van der Waals surface area (Å²) in [7, 11) is -10.0. The van der Waals surface area contributed by atoms with Gasteiger partial charge >= 0.3 is 39.5 Å². The second-order valence-electron chi connectivity index (χ2n) is 28.0. The average Bonchev–Trinajstić information content (AvgIpc) is 0.911. The first-order valence-corrected chi connectivity index (χ1v) is 45.7. The van der Waals surface area contributed by atoms with Gasteiger partial charge in [0.25, 0.3) is 0 Å². The van der Waals surface area contributed by atoms with Crippen molar-refractivity contribution < 1.29 is 80.2 Å². The number of phosphoric ester groups is 2. The van der Waals surface area contributed by atoms with Crippen LogP contribution in [-0.2, 0) is 65.4 Å². The number of aliphatic hydroxyl groups is 1. The lowest BCUT2D eigenvalue weighted by Gasteiger charge is -2.21. The van der Waals surface area contributed by atoms with Gasteiger partial charge < -0.3 is 33.8 Å². The van der Waals surface area contributed by atoms with E-state index in [1.54, 1.807) is 0 Å². The van der Waals surface area contributed by atoms with Crippen LogP contribution in [-0.4, -0.2) is 96.7 Å². The second-order valence-corrected chi connectivity index (χ2v) is 30.9. The molecule has 0 saturated heterocycles. The maximum atomic E-state index is 13.2. The fourth-order valence-electron chi connectivity index (χ4n) is 10.9. The first kappa shape index (κ1) is 105. The molecule has 0 aromatic heterocycles. The van der Waals surface area contributed by atoms with Crippen molar-refractivity contribution in [1.29, 1.82) is 0 Å². The van der Waals surface area contributed by atoms with Crippen LogP contribution in [0.3, 0.4) is 0 Å². The van der Waals surface area contributed by atoms with E-state index in [4.69, 9.17) is 37.0 Å². The SMILES string of the molecule is CC/C=C\C/C=C\C/C=C\C/C=C\C/C=C\CCCC(=O)OCC(COP(=O)(O)OCC(O)COP(=O)(O)OCC(COC(=O)CCCCCCCC/C=C\C/C=C\C/C=C\CCCCC)OC(=O)CCCCCCCC/C=C\C/C=C\C/C=C\CCCCC)OC(=O)CCCCCCC/C=C\C/C=C\CCCCC. The Morgan fingerprint density at radius 1 is 0.264 bits per heavy atom. The number of ether oxygens (including phenoxy) is 4. The van der Waals surface area contributed by atoms with Crippen molar-refractivity contribution in [2.24, 2.45) is 0 Å². The normalized spacial score (nSPS) is 14.6. The predicted octanol–water partition coefficient (Wildman–Crippen LogP) is 25.6. The summed E-state index contributed by atoms with van der Waals surface area (Å²) in [5.41, 5.74) is 0. The molecule has 0 fully saturated rings. The molecule has 0 aliphatic carbocycles. The first-order valence-electron chi connectivity index (χ1n) is 42.7. The van der Waals surface area contributed by atoms with Crippen molar-refractivity contribution in [1.82, 2.24) is 0 Å². The molecule has 0 radical (unpaired) electrons. The van der Waals surface area contributed by atoms with Gasteiger partial charge in [0.1, 0.15) is 19.3 Å². The van der Waals surface area contributed by atoms with Crippen molar-refractivity contribution >= 4 is 39.5 Å². The molecule has 0 bridgehead atoms. The largest absolute Gasteiger partial charge is 0.472 e. The Morgan fingerprint density at radius 2 is 0.482 bits per heavy atom. The molecule has 0 aromatic rings. The highest BCUT2D eigenvalue weighted by atomic mass is 31.2. The summed E-state index contributed by atoms with van der Waals surface area (Å²) in [5.74, 6) is -2.29. The highest BCUT2D eigenvalue weighted by molar-refractivity contribution is 7.47. The van der Waals surface area contributed by atoms with Crippen LogP contribution in [0, 0.1) is 0 Å². The van der Waals surface area contributed by atoms with Crippen LogP contribution in [0.25, 0.3) is 0 Å². The van der Waals surface area contributed by atoms with E-state index in [0.717, 1.165) is 193 Å². The monoisotopic (exact) mass is 1580 g/mol. The molecule has 628 valence electrons.